The lowest BCUT2D eigenvalue weighted by molar-refractivity contribution is -0.155. The molecule has 4 rings (SSSR count). The predicted octanol–water partition coefficient (Wildman–Crippen LogP) is 3.03. The van der Waals surface area contributed by atoms with Crippen LogP contribution in [0.3, 0.4) is 0 Å². The number of hydrogen-bond donors (Lipinski definition) is 1. The number of halogens is 2. The molecule has 2 aromatic carbocycles. The zero-order valence-electron chi connectivity index (χ0n) is 18.5. The Balaban J connectivity index is 1.53. The second kappa shape index (κ2) is 9.29. The van der Waals surface area contributed by atoms with Crippen LogP contribution in [0, 0.1) is 23.5 Å². The van der Waals surface area contributed by atoms with E-state index in [2.05, 4.69) is 5.32 Å². The van der Waals surface area contributed by atoms with E-state index in [4.69, 9.17) is 4.74 Å². The van der Waals surface area contributed by atoms with E-state index in [9.17, 15) is 23.2 Å². The summed E-state index contributed by atoms with van der Waals surface area (Å²) in [6.07, 6.45) is 1.68. The zero-order chi connectivity index (χ0) is 23.7. The molecule has 1 heterocycles. The summed E-state index contributed by atoms with van der Waals surface area (Å²) in [5.41, 5.74) is 2.29. The molecule has 174 valence electrons. The molecule has 2 aliphatic rings. The number of hydrogen-bond acceptors (Lipinski definition) is 4. The summed E-state index contributed by atoms with van der Waals surface area (Å²) in [7, 11) is 0. The Hall–Kier alpha value is -3.29. The molecule has 33 heavy (non-hydrogen) atoms. The molecule has 0 unspecified atom stereocenters. The smallest absolute Gasteiger partial charge is 0.331 e. The quantitative estimate of drug-likeness (QED) is 0.536. The van der Waals surface area contributed by atoms with E-state index in [1.165, 1.54) is 4.90 Å². The summed E-state index contributed by atoms with van der Waals surface area (Å²) < 4.78 is 32.1. The molecular weight excluding hydrogens is 430 g/mol. The average Bonchev–Trinajstić information content (AvgIpc) is 3.19. The van der Waals surface area contributed by atoms with Gasteiger partial charge in [-0.1, -0.05) is 38.1 Å². The number of rotatable bonds is 6. The van der Waals surface area contributed by atoms with Crippen LogP contribution in [0.15, 0.2) is 42.5 Å². The van der Waals surface area contributed by atoms with Gasteiger partial charge in [0.25, 0.3) is 0 Å². The summed E-state index contributed by atoms with van der Waals surface area (Å²) >= 11 is 0. The van der Waals surface area contributed by atoms with Crippen molar-refractivity contribution < 1.29 is 27.9 Å². The van der Waals surface area contributed by atoms with Crippen LogP contribution in [-0.2, 0) is 27.2 Å². The van der Waals surface area contributed by atoms with Crippen molar-refractivity contribution in [1.82, 2.24) is 10.2 Å². The van der Waals surface area contributed by atoms with Gasteiger partial charge in [0.1, 0.15) is 24.4 Å². The van der Waals surface area contributed by atoms with Crippen LogP contribution in [0.25, 0.3) is 0 Å². The molecular formula is C25H26F2N2O4. The normalized spacial score (nSPS) is 20.7. The number of piperazine rings is 1. The lowest BCUT2D eigenvalue weighted by atomic mass is 9.90. The first-order valence-corrected chi connectivity index (χ1v) is 11.1. The van der Waals surface area contributed by atoms with Crippen molar-refractivity contribution in [2.75, 3.05) is 6.54 Å². The molecule has 1 saturated heterocycles. The Morgan fingerprint density at radius 2 is 1.79 bits per heavy atom. The Bertz CT molecular complexity index is 1060. The molecule has 2 amide bonds. The molecule has 2 atom stereocenters. The van der Waals surface area contributed by atoms with Crippen molar-refractivity contribution in [3.05, 3.63) is 65.2 Å². The molecule has 1 aliphatic carbocycles. The van der Waals surface area contributed by atoms with E-state index < -0.39 is 42.0 Å². The molecule has 8 heteroatoms. The van der Waals surface area contributed by atoms with Gasteiger partial charge in [0, 0.05) is 6.07 Å². The minimum absolute atomic E-state index is 0.0916. The topological polar surface area (TPSA) is 75.7 Å². The van der Waals surface area contributed by atoms with E-state index in [0.29, 0.717) is 25.3 Å². The number of carbonyl (C=O) groups is 3. The third kappa shape index (κ3) is 4.89. The van der Waals surface area contributed by atoms with Crippen LogP contribution in [0.4, 0.5) is 8.78 Å². The maximum absolute atomic E-state index is 13.9. The molecule has 0 aromatic heterocycles. The van der Waals surface area contributed by atoms with Crippen LogP contribution < -0.4 is 10.1 Å². The first-order valence-electron chi connectivity index (χ1n) is 11.1. The van der Waals surface area contributed by atoms with Gasteiger partial charge in [-0.2, -0.15) is 0 Å². The highest BCUT2D eigenvalue weighted by Gasteiger charge is 2.45. The molecule has 1 fully saturated rings. The summed E-state index contributed by atoms with van der Waals surface area (Å²) in [5, 5.41) is 2.88. The van der Waals surface area contributed by atoms with Crippen LogP contribution in [0.2, 0.25) is 0 Å². The second-order valence-corrected chi connectivity index (χ2v) is 9.08. The van der Waals surface area contributed by atoms with E-state index in [0.717, 1.165) is 23.3 Å². The van der Waals surface area contributed by atoms with Gasteiger partial charge in [-0.25, -0.2) is 13.6 Å². The van der Waals surface area contributed by atoms with Gasteiger partial charge in [-0.15, -0.1) is 0 Å². The number of amides is 2. The predicted molar refractivity (Wildman–Crippen MR) is 116 cm³/mol. The standard InChI is InChI=1S/C25H26F2N2O4/c1-14(2)9-20-24(31)28-23(17-10-15-5-3-4-6-16(15)11-17)25(32)29(20)13-22(30)33-21-8-7-18(26)12-19(21)27/h3-8,12,14,17,20,23H,9-11,13H2,1-2H3,(H,28,31)/t20-,23-/m1/s1. The van der Waals surface area contributed by atoms with Crippen LogP contribution >= 0.6 is 0 Å². The minimum atomic E-state index is -1.02. The Morgan fingerprint density at radius 3 is 2.39 bits per heavy atom. The van der Waals surface area contributed by atoms with Gasteiger partial charge in [0.15, 0.2) is 11.6 Å². The Labute approximate surface area is 190 Å². The fourth-order valence-electron chi connectivity index (χ4n) is 4.65. The number of carbonyl (C=O) groups excluding carboxylic acids is 3. The first kappa shape index (κ1) is 22.9. The fraction of sp³-hybridized carbons (Fsp3) is 0.400. The molecule has 6 nitrogen and oxygen atoms in total. The van der Waals surface area contributed by atoms with Gasteiger partial charge in [-0.3, -0.25) is 9.59 Å². The minimum Gasteiger partial charge on any atom is -0.422 e. The molecule has 2 aromatic rings. The van der Waals surface area contributed by atoms with Crippen molar-refractivity contribution in [2.45, 2.75) is 45.2 Å². The number of fused-ring (bicyclic) bond motifs is 1. The second-order valence-electron chi connectivity index (χ2n) is 9.08. The molecule has 1 N–H and O–H groups in total. The summed E-state index contributed by atoms with van der Waals surface area (Å²) in [5.74, 6) is -3.84. The lowest BCUT2D eigenvalue weighted by Gasteiger charge is -2.41. The van der Waals surface area contributed by atoms with Gasteiger partial charge in [-0.05, 0) is 54.4 Å². The number of ether oxygens (including phenoxy) is 1. The van der Waals surface area contributed by atoms with Crippen molar-refractivity contribution in [1.29, 1.82) is 0 Å². The number of nitrogens with one attached hydrogen (secondary N) is 1. The van der Waals surface area contributed by atoms with Crippen LogP contribution in [0.5, 0.6) is 5.75 Å². The molecule has 0 bridgehead atoms. The van der Waals surface area contributed by atoms with Crippen molar-refractivity contribution >= 4 is 17.8 Å². The molecule has 0 spiro atoms. The zero-order valence-corrected chi connectivity index (χ0v) is 18.5. The number of nitrogens with zero attached hydrogens (tertiary/aromatic N) is 1. The summed E-state index contributed by atoms with van der Waals surface area (Å²) in [6.45, 7) is 3.33. The Kier molecular flexibility index (Phi) is 6.44. The van der Waals surface area contributed by atoms with Gasteiger partial charge in [0.2, 0.25) is 11.8 Å². The first-order chi connectivity index (χ1) is 15.7. The summed E-state index contributed by atoms with van der Waals surface area (Å²) in [4.78, 5) is 40.3. The largest absolute Gasteiger partial charge is 0.422 e. The van der Waals surface area contributed by atoms with Crippen molar-refractivity contribution in [3.63, 3.8) is 0 Å². The number of esters is 1. The maximum Gasteiger partial charge on any atom is 0.331 e. The molecule has 0 saturated carbocycles. The third-order valence-electron chi connectivity index (χ3n) is 6.19. The van der Waals surface area contributed by atoms with Gasteiger partial charge < -0.3 is 15.0 Å². The highest BCUT2D eigenvalue weighted by molar-refractivity contribution is 5.99. The Morgan fingerprint density at radius 1 is 1.12 bits per heavy atom. The van der Waals surface area contributed by atoms with Crippen LogP contribution in [-0.4, -0.2) is 41.3 Å². The van der Waals surface area contributed by atoms with Gasteiger partial charge in [0.05, 0.1) is 0 Å². The maximum atomic E-state index is 13.9. The van der Waals surface area contributed by atoms with E-state index in [1.807, 2.05) is 38.1 Å². The lowest BCUT2D eigenvalue weighted by Crippen LogP contribution is -2.66. The van der Waals surface area contributed by atoms with Crippen molar-refractivity contribution in [3.8, 4) is 5.75 Å². The summed E-state index contributed by atoms with van der Waals surface area (Å²) in [6, 6.07) is 8.91. The highest BCUT2D eigenvalue weighted by atomic mass is 19.1. The van der Waals surface area contributed by atoms with Crippen LogP contribution in [0.1, 0.15) is 31.4 Å². The van der Waals surface area contributed by atoms with Gasteiger partial charge >= 0.3 is 5.97 Å². The van der Waals surface area contributed by atoms with E-state index in [-0.39, 0.29) is 23.7 Å². The molecule has 0 radical (unpaired) electrons. The third-order valence-corrected chi connectivity index (χ3v) is 6.19. The van der Waals surface area contributed by atoms with E-state index >= 15 is 0 Å². The fourth-order valence-corrected chi connectivity index (χ4v) is 4.65. The van der Waals surface area contributed by atoms with Crippen molar-refractivity contribution in [2.24, 2.45) is 11.8 Å². The average molecular weight is 456 g/mol. The SMILES string of the molecule is CC(C)C[C@@H]1C(=O)N[C@H](C2Cc3ccccc3C2)C(=O)N1CC(=O)Oc1ccc(F)cc1F. The highest BCUT2D eigenvalue weighted by Crippen LogP contribution is 2.31. The monoisotopic (exact) mass is 456 g/mol. The molecule has 1 aliphatic heterocycles. The van der Waals surface area contributed by atoms with E-state index in [1.54, 1.807) is 0 Å². The number of benzene rings is 2.